The zero-order valence-electron chi connectivity index (χ0n) is 13.0. The molecule has 1 unspecified atom stereocenters. The summed E-state index contributed by atoms with van der Waals surface area (Å²) in [6.45, 7) is 7.58. The summed E-state index contributed by atoms with van der Waals surface area (Å²) in [7, 11) is 4.06. The third kappa shape index (κ3) is 3.46. The van der Waals surface area contributed by atoms with Crippen molar-refractivity contribution in [3.63, 3.8) is 0 Å². The van der Waals surface area contributed by atoms with Gasteiger partial charge in [0.05, 0.1) is 11.9 Å². The summed E-state index contributed by atoms with van der Waals surface area (Å²) in [6, 6.07) is 2.61. The van der Waals surface area contributed by atoms with Crippen LogP contribution in [-0.2, 0) is 6.54 Å². The van der Waals surface area contributed by atoms with E-state index in [9.17, 15) is 0 Å². The molecule has 2 heterocycles. The molecular formula is C15H24N4S. The van der Waals surface area contributed by atoms with Crippen LogP contribution in [0.3, 0.4) is 0 Å². The Hall–Kier alpha value is -1.20. The second-order valence-electron chi connectivity index (χ2n) is 5.77. The first-order valence-electron chi connectivity index (χ1n) is 7.13. The molecule has 0 aromatic carbocycles. The molecule has 110 valence electrons. The zero-order chi connectivity index (χ0) is 14.7. The molecule has 0 radical (unpaired) electrons. The fourth-order valence-corrected chi connectivity index (χ4v) is 3.18. The highest BCUT2D eigenvalue weighted by atomic mass is 32.1. The quantitative estimate of drug-likeness (QED) is 0.883. The van der Waals surface area contributed by atoms with Crippen molar-refractivity contribution in [1.82, 2.24) is 14.9 Å². The number of anilines is 1. The van der Waals surface area contributed by atoms with E-state index in [1.807, 2.05) is 7.05 Å². The Labute approximate surface area is 125 Å². The van der Waals surface area contributed by atoms with Gasteiger partial charge < -0.3 is 5.32 Å². The van der Waals surface area contributed by atoms with Gasteiger partial charge >= 0.3 is 0 Å². The average molecular weight is 292 g/mol. The van der Waals surface area contributed by atoms with Gasteiger partial charge in [-0.2, -0.15) is 0 Å². The SMILES string of the molecule is CNc1nc(CN(C)C(C)CC(C)C)nc2sccc12. The maximum atomic E-state index is 4.67. The summed E-state index contributed by atoms with van der Waals surface area (Å²) in [5, 5.41) is 6.34. The van der Waals surface area contributed by atoms with Gasteiger partial charge in [0.15, 0.2) is 0 Å². The van der Waals surface area contributed by atoms with Gasteiger partial charge in [-0.15, -0.1) is 11.3 Å². The van der Waals surface area contributed by atoms with Crippen molar-refractivity contribution in [1.29, 1.82) is 0 Å². The van der Waals surface area contributed by atoms with Crippen LogP contribution >= 0.6 is 11.3 Å². The number of hydrogen-bond donors (Lipinski definition) is 1. The van der Waals surface area contributed by atoms with Gasteiger partial charge in [0.1, 0.15) is 16.5 Å². The summed E-state index contributed by atoms with van der Waals surface area (Å²) in [4.78, 5) is 12.7. The maximum Gasteiger partial charge on any atom is 0.146 e. The molecule has 0 amide bonds. The molecule has 0 aliphatic carbocycles. The Kier molecular flexibility index (Phi) is 4.94. The molecule has 20 heavy (non-hydrogen) atoms. The van der Waals surface area contributed by atoms with Crippen LogP contribution in [0.1, 0.15) is 33.0 Å². The van der Waals surface area contributed by atoms with E-state index in [4.69, 9.17) is 0 Å². The zero-order valence-corrected chi connectivity index (χ0v) is 13.8. The van der Waals surface area contributed by atoms with Crippen LogP contribution < -0.4 is 5.32 Å². The fourth-order valence-electron chi connectivity index (χ4n) is 2.40. The van der Waals surface area contributed by atoms with E-state index in [-0.39, 0.29) is 0 Å². The van der Waals surface area contributed by atoms with E-state index in [0.717, 1.165) is 28.4 Å². The summed E-state index contributed by atoms with van der Waals surface area (Å²) >= 11 is 1.67. The van der Waals surface area contributed by atoms with Crippen molar-refractivity contribution in [2.75, 3.05) is 19.4 Å². The molecular weight excluding hydrogens is 268 g/mol. The summed E-state index contributed by atoms with van der Waals surface area (Å²) in [6.07, 6.45) is 1.19. The van der Waals surface area contributed by atoms with Crippen LogP contribution in [0, 0.1) is 5.92 Å². The highest BCUT2D eigenvalue weighted by Gasteiger charge is 2.14. The van der Waals surface area contributed by atoms with Crippen LogP contribution in [0.2, 0.25) is 0 Å². The molecule has 0 spiro atoms. The molecule has 0 aliphatic heterocycles. The molecule has 5 heteroatoms. The Bertz CT molecular complexity index is 564. The summed E-state index contributed by atoms with van der Waals surface area (Å²) in [5.74, 6) is 2.53. The minimum absolute atomic E-state index is 0.538. The van der Waals surface area contributed by atoms with Gasteiger partial charge in [-0.05, 0) is 37.8 Å². The van der Waals surface area contributed by atoms with E-state index in [1.54, 1.807) is 11.3 Å². The van der Waals surface area contributed by atoms with E-state index < -0.39 is 0 Å². The smallest absolute Gasteiger partial charge is 0.146 e. The van der Waals surface area contributed by atoms with Crippen LogP contribution in [0.15, 0.2) is 11.4 Å². The second kappa shape index (κ2) is 6.50. The van der Waals surface area contributed by atoms with Crippen molar-refractivity contribution >= 4 is 27.4 Å². The van der Waals surface area contributed by atoms with E-state index in [1.165, 1.54) is 6.42 Å². The summed E-state index contributed by atoms with van der Waals surface area (Å²) in [5.41, 5.74) is 0. The summed E-state index contributed by atoms with van der Waals surface area (Å²) < 4.78 is 0. The number of hydrogen-bond acceptors (Lipinski definition) is 5. The number of nitrogens with zero attached hydrogens (tertiary/aromatic N) is 3. The van der Waals surface area contributed by atoms with Crippen LogP contribution in [-0.4, -0.2) is 35.0 Å². The lowest BCUT2D eigenvalue weighted by atomic mass is 10.0. The highest BCUT2D eigenvalue weighted by Crippen LogP contribution is 2.25. The number of rotatable bonds is 6. The lowest BCUT2D eigenvalue weighted by Crippen LogP contribution is -2.30. The molecule has 2 rings (SSSR count). The number of thiophene rings is 1. The topological polar surface area (TPSA) is 41.1 Å². The van der Waals surface area contributed by atoms with Crippen molar-refractivity contribution in [2.24, 2.45) is 5.92 Å². The second-order valence-corrected chi connectivity index (χ2v) is 6.67. The molecule has 0 fully saturated rings. The Balaban J connectivity index is 2.16. The lowest BCUT2D eigenvalue weighted by Gasteiger charge is -2.25. The Morgan fingerprint density at radius 3 is 2.70 bits per heavy atom. The minimum atomic E-state index is 0.538. The molecule has 2 aromatic heterocycles. The third-order valence-corrected chi connectivity index (χ3v) is 4.37. The minimum Gasteiger partial charge on any atom is -0.372 e. The maximum absolute atomic E-state index is 4.67. The third-order valence-electron chi connectivity index (χ3n) is 3.56. The predicted octanol–water partition coefficient (Wildman–Crippen LogP) is 3.60. The molecule has 0 saturated carbocycles. The van der Waals surface area contributed by atoms with Crippen molar-refractivity contribution in [3.05, 3.63) is 17.3 Å². The fraction of sp³-hybridized carbons (Fsp3) is 0.600. The predicted molar refractivity (Wildman–Crippen MR) is 87.3 cm³/mol. The molecule has 1 atom stereocenters. The standard InChI is InChI=1S/C15H24N4S/c1-10(2)8-11(3)19(5)9-13-17-14(16-4)12-6-7-20-15(12)18-13/h6-7,10-11H,8-9H2,1-5H3,(H,16,17,18). The van der Waals surface area contributed by atoms with Gasteiger partial charge in [0, 0.05) is 13.1 Å². The first-order chi connectivity index (χ1) is 9.51. The van der Waals surface area contributed by atoms with Crippen molar-refractivity contribution in [3.8, 4) is 0 Å². The highest BCUT2D eigenvalue weighted by molar-refractivity contribution is 7.16. The normalized spacial score (nSPS) is 13.3. The molecule has 0 saturated heterocycles. The van der Waals surface area contributed by atoms with Gasteiger partial charge in [0.2, 0.25) is 0 Å². The molecule has 0 aliphatic rings. The lowest BCUT2D eigenvalue weighted by molar-refractivity contribution is 0.216. The number of aromatic nitrogens is 2. The average Bonchev–Trinajstić information content (AvgIpc) is 2.85. The van der Waals surface area contributed by atoms with E-state index in [0.29, 0.717) is 12.0 Å². The molecule has 2 aromatic rings. The number of fused-ring (bicyclic) bond motifs is 1. The Morgan fingerprint density at radius 1 is 1.30 bits per heavy atom. The van der Waals surface area contributed by atoms with Gasteiger partial charge in [-0.1, -0.05) is 13.8 Å². The van der Waals surface area contributed by atoms with Crippen molar-refractivity contribution in [2.45, 2.75) is 39.8 Å². The van der Waals surface area contributed by atoms with Gasteiger partial charge in [0.25, 0.3) is 0 Å². The van der Waals surface area contributed by atoms with Crippen molar-refractivity contribution < 1.29 is 0 Å². The van der Waals surface area contributed by atoms with Crippen LogP contribution in [0.4, 0.5) is 5.82 Å². The monoisotopic (exact) mass is 292 g/mol. The largest absolute Gasteiger partial charge is 0.372 e. The van der Waals surface area contributed by atoms with E-state index >= 15 is 0 Å². The van der Waals surface area contributed by atoms with Crippen LogP contribution in [0.5, 0.6) is 0 Å². The van der Waals surface area contributed by atoms with Gasteiger partial charge in [-0.25, -0.2) is 9.97 Å². The van der Waals surface area contributed by atoms with Crippen LogP contribution in [0.25, 0.3) is 10.2 Å². The first kappa shape index (κ1) is 15.2. The van der Waals surface area contributed by atoms with Gasteiger partial charge in [-0.3, -0.25) is 4.90 Å². The van der Waals surface area contributed by atoms with E-state index in [2.05, 4.69) is 59.4 Å². The first-order valence-corrected chi connectivity index (χ1v) is 8.01. The molecule has 0 bridgehead atoms. The molecule has 1 N–H and O–H groups in total. The number of nitrogens with one attached hydrogen (secondary N) is 1. The Morgan fingerprint density at radius 2 is 2.05 bits per heavy atom. The molecule has 4 nitrogen and oxygen atoms in total.